The number of nitrogens with zero attached hydrogens (tertiary/aromatic N) is 5. The third-order valence-electron chi connectivity index (χ3n) is 3.62. The molecule has 0 saturated carbocycles. The summed E-state index contributed by atoms with van der Waals surface area (Å²) in [4.78, 5) is 22.5. The van der Waals surface area contributed by atoms with Crippen LogP contribution in [0.1, 0.15) is 11.1 Å². The van der Waals surface area contributed by atoms with Crippen molar-refractivity contribution in [2.45, 2.75) is 12.7 Å². The topological polar surface area (TPSA) is 95.8 Å². The molecule has 12 heteroatoms. The van der Waals surface area contributed by atoms with E-state index in [0.717, 1.165) is 33.6 Å². The van der Waals surface area contributed by atoms with E-state index in [2.05, 4.69) is 10.4 Å². The Morgan fingerprint density at radius 2 is 1.78 bits per heavy atom. The van der Waals surface area contributed by atoms with Crippen molar-refractivity contribution < 1.29 is 18.1 Å². The van der Waals surface area contributed by atoms with Gasteiger partial charge in [-0.25, -0.2) is 4.79 Å². The van der Waals surface area contributed by atoms with Crippen LogP contribution in [0.25, 0.3) is 5.69 Å². The van der Waals surface area contributed by atoms with Crippen LogP contribution in [-0.2, 0) is 12.7 Å². The Morgan fingerprint density at radius 1 is 1.11 bits per heavy atom. The van der Waals surface area contributed by atoms with Gasteiger partial charge in [0.25, 0.3) is 5.69 Å². The van der Waals surface area contributed by atoms with Crippen LogP contribution in [0.2, 0.25) is 5.02 Å². The number of nitro groups is 1. The van der Waals surface area contributed by atoms with Gasteiger partial charge in [-0.1, -0.05) is 17.7 Å². The van der Waals surface area contributed by atoms with Gasteiger partial charge in [0.15, 0.2) is 0 Å². The van der Waals surface area contributed by atoms with Crippen LogP contribution in [0.4, 0.5) is 18.9 Å². The van der Waals surface area contributed by atoms with Crippen molar-refractivity contribution in [2.75, 3.05) is 0 Å². The van der Waals surface area contributed by atoms with E-state index in [0.29, 0.717) is 5.56 Å². The minimum Gasteiger partial charge on any atom is -0.258 e. The summed E-state index contributed by atoms with van der Waals surface area (Å²) < 4.78 is 39.6. The van der Waals surface area contributed by atoms with Crippen LogP contribution in [0.5, 0.6) is 0 Å². The second kappa shape index (κ2) is 6.83. The summed E-state index contributed by atoms with van der Waals surface area (Å²) in [5.41, 5.74) is -1.24. The molecule has 0 unspecified atom stereocenters. The van der Waals surface area contributed by atoms with E-state index in [1.165, 1.54) is 18.2 Å². The summed E-state index contributed by atoms with van der Waals surface area (Å²) in [6.45, 7) is -0.0722. The molecule has 0 amide bonds. The highest BCUT2D eigenvalue weighted by molar-refractivity contribution is 6.32. The van der Waals surface area contributed by atoms with Gasteiger partial charge in [-0.15, -0.1) is 0 Å². The van der Waals surface area contributed by atoms with Gasteiger partial charge < -0.3 is 0 Å². The highest BCUT2D eigenvalue weighted by Gasteiger charge is 2.30. The number of hydrogen-bond donors (Lipinski definition) is 0. The fraction of sp³-hybridized carbons (Fsp3) is 0.133. The van der Waals surface area contributed by atoms with E-state index in [-0.39, 0.29) is 22.9 Å². The summed E-state index contributed by atoms with van der Waals surface area (Å²) >= 11 is 5.82. The van der Waals surface area contributed by atoms with Crippen LogP contribution in [0.3, 0.4) is 0 Å². The minimum absolute atomic E-state index is 0.0722. The van der Waals surface area contributed by atoms with Crippen molar-refractivity contribution in [2.24, 2.45) is 0 Å². The number of tetrazole rings is 1. The van der Waals surface area contributed by atoms with Crippen LogP contribution < -0.4 is 5.69 Å². The van der Waals surface area contributed by atoms with Gasteiger partial charge in [0.2, 0.25) is 0 Å². The lowest BCUT2D eigenvalue weighted by molar-refractivity contribution is -0.384. The number of nitro benzene ring substituents is 1. The number of alkyl halides is 3. The summed E-state index contributed by atoms with van der Waals surface area (Å²) in [5.74, 6) is 0. The van der Waals surface area contributed by atoms with E-state index in [1.807, 2.05) is 0 Å². The molecule has 0 atom stereocenters. The molecule has 3 rings (SSSR count). The second-order valence-electron chi connectivity index (χ2n) is 5.42. The summed E-state index contributed by atoms with van der Waals surface area (Å²) in [6, 6.07) is 7.80. The van der Waals surface area contributed by atoms with Gasteiger partial charge in [-0.05, 0) is 46.3 Å². The molecule has 0 N–H and O–H groups in total. The molecule has 0 radical (unpaired) electrons. The summed E-state index contributed by atoms with van der Waals surface area (Å²) in [6.07, 6.45) is -4.49. The van der Waals surface area contributed by atoms with Crippen LogP contribution in [-0.4, -0.2) is 24.7 Å². The molecule has 0 bridgehead atoms. The van der Waals surface area contributed by atoms with E-state index in [9.17, 15) is 28.1 Å². The normalized spacial score (nSPS) is 11.6. The highest BCUT2D eigenvalue weighted by Crippen LogP contribution is 2.29. The SMILES string of the molecule is O=c1n(Cc2ccc([N+](=O)[O-])c(Cl)c2)nnn1-c1ccc(C(F)(F)F)cc1. The van der Waals surface area contributed by atoms with Crippen molar-refractivity contribution in [3.63, 3.8) is 0 Å². The molecule has 0 aliphatic heterocycles. The number of hydrogen-bond acceptors (Lipinski definition) is 5. The summed E-state index contributed by atoms with van der Waals surface area (Å²) in [5, 5.41) is 18.0. The number of aromatic nitrogens is 4. The molecule has 0 fully saturated rings. The van der Waals surface area contributed by atoms with Crippen LogP contribution in [0.15, 0.2) is 47.3 Å². The molecule has 27 heavy (non-hydrogen) atoms. The van der Waals surface area contributed by atoms with Gasteiger partial charge in [0.05, 0.1) is 22.7 Å². The quantitative estimate of drug-likeness (QED) is 0.496. The molecule has 0 spiro atoms. The fourth-order valence-corrected chi connectivity index (χ4v) is 2.57. The van der Waals surface area contributed by atoms with E-state index in [4.69, 9.17) is 11.6 Å². The molecule has 1 aromatic heterocycles. The predicted octanol–water partition coefficient (Wildman–Crippen LogP) is 3.06. The predicted molar refractivity (Wildman–Crippen MR) is 87.8 cm³/mol. The molecule has 140 valence electrons. The molecule has 0 aliphatic carbocycles. The number of rotatable bonds is 4. The minimum atomic E-state index is -4.49. The van der Waals surface area contributed by atoms with Crippen molar-refractivity contribution >= 4 is 17.3 Å². The maximum absolute atomic E-state index is 12.6. The highest BCUT2D eigenvalue weighted by atomic mass is 35.5. The first-order valence-corrected chi connectivity index (χ1v) is 7.68. The third-order valence-corrected chi connectivity index (χ3v) is 3.92. The molecule has 0 aliphatic rings. The maximum atomic E-state index is 12.6. The van der Waals surface area contributed by atoms with Crippen molar-refractivity contribution in [3.05, 3.63) is 79.2 Å². The van der Waals surface area contributed by atoms with Gasteiger partial charge >= 0.3 is 11.9 Å². The Morgan fingerprint density at radius 3 is 2.33 bits per heavy atom. The zero-order valence-corrected chi connectivity index (χ0v) is 14.0. The molecule has 8 nitrogen and oxygen atoms in total. The smallest absolute Gasteiger partial charge is 0.258 e. The first-order chi connectivity index (χ1) is 12.7. The Bertz CT molecular complexity index is 1060. The van der Waals surface area contributed by atoms with E-state index in [1.54, 1.807) is 0 Å². The summed E-state index contributed by atoms with van der Waals surface area (Å²) in [7, 11) is 0. The van der Waals surface area contributed by atoms with E-state index >= 15 is 0 Å². The van der Waals surface area contributed by atoms with Gasteiger partial charge in [0.1, 0.15) is 5.02 Å². The molecule has 3 aromatic rings. The maximum Gasteiger partial charge on any atom is 0.416 e. The number of benzene rings is 2. The Labute approximate surface area is 153 Å². The zero-order chi connectivity index (χ0) is 19.8. The average molecular weight is 400 g/mol. The Balaban J connectivity index is 1.87. The second-order valence-corrected chi connectivity index (χ2v) is 5.83. The van der Waals surface area contributed by atoms with Gasteiger partial charge in [0, 0.05) is 6.07 Å². The van der Waals surface area contributed by atoms with Gasteiger partial charge in [-0.3, -0.25) is 10.1 Å². The standard InChI is InChI=1S/C15H9ClF3N5O3/c16-12-7-9(1-6-13(12)24(26)27)8-22-14(25)23(21-20-22)11-4-2-10(3-5-11)15(17,18)19/h1-7H,8H2. The van der Waals surface area contributed by atoms with Crippen molar-refractivity contribution in [1.82, 2.24) is 19.8 Å². The lowest BCUT2D eigenvalue weighted by Crippen LogP contribution is -2.24. The largest absolute Gasteiger partial charge is 0.416 e. The first-order valence-electron chi connectivity index (χ1n) is 7.30. The van der Waals surface area contributed by atoms with Crippen LogP contribution in [0, 0.1) is 10.1 Å². The average Bonchev–Trinajstić information content (AvgIpc) is 2.95. The number of halogens is 4. The fourth-order valence-electron chi connectivity index (χ4n) is 2.30. The van der Waals surface area contributed by atoms with Crippen molar-refractivity contribution in [3.8, 4) is 5.69 Å². The Hall–Kier alpha value is -3.21. The van der Waals surface area contributed by atoms with Crippen molar-refractivity contribution in [1.29, 1.82) is 0 Å². The Kier molecular flexibility index (Phi) is 4.70. The molecular weight excluding hydrogens is 391 g/mol. The lowest BCUT2D eigenvalue weighted by atomic mass is 10.2. The molecule has 0 saturated heterocycles. The van der Waals surface area contributed by atoms with Gasteiger partial charge in [-0.2, -0.15) is 22.5 Å². The molecular formula is C15H9ClF3N5O3. The third kappa shape index (κ3) is 3.82. The van der Waals surface area contributed by atoms with Crippen LogP contribution >= 0.6 is 11.6 Å². The zero-order valence-electron chi connectivity index (χ0n) is 13.2. The molecule has 2 aromatic carbocycles. The lowest BCUT2D eigenvalue weighted by Gasteiger charge is -2.06. The molecule has 1 heterocycles. The monoisotopic (exact) mass is 399 g/mol. The first kappa shape index (κ1) is 18.6. The van der Waals surface area contributed by atoms with E-state index < -0.39 is 22.4 Å².